The van der Waals surface area contributed by atoms with Gasteiger partial charge in [0, 0.05) is 46.1 Å². The van der Waals surface area contributed by atoms with Crippen LogP contribution in [0.4, 0.5) is 5.69 Å². The summed E-state index contributed by atoms with van der Waals surface area (Å²) in [5.74, 6) is -0.0863. The molecule has 0 radical (unpaired) electrons. The molecule has 140 valence electrons. The maximum atomic E-state index is 12.5. The molecule has 2 amide bonds. The fourth-order valence-electron chi connectivity index (χ4n) is 3.89. The predicted octanol–water partition coefficient (Wildman–Crippen LogP) is 3.42. The van der Waals surface area contributed by atoms with Gasteiger partial charge < -0.3 is 16.0 Å². The maximum Gasteiger partial charge on any atom is 0.251 e. The van der Waals surface area contributed by atoms with Crippen LogP contribution in [0.5, 0.6) is 0 Å². The third-order valence-electron chi connectivity index (χ3n) is 5.12. The number of rotatable bonds is 5. The van der Waals surface area contributed by atoms with Gasteiger partial charge in [0.2, 0.25) is 5.91 Å². The largest absolute Gasteiger partial charge is 0.348 e. The summed E-state index contributed by atoms with van der Waals surface area (Å²) < 4.78 is 0. The van der Waals surface area contributed by atoms with Crippen molar-refractivity contribution in [3.05, 3.63) is 54.1 Å². The average molecular weight is 382 g/mol. The van der Waals surface area contributed by atoms with Gasteiger partial charge in [-0.25, -0.2) is 0 Å². The lowest BCUT2D eigenvalue weighted by molar-refractivity contribution is -0.114. The lowest BCUT2D eigenvalue weighted by Crippen LogP contribution is -2.42. The molecule has 0 aromatic heterocycles. The smallest absolute Gasteiger partial charge is 0.251 e. The topological polar surface area (TPSA) is 70.2 Å². The molecule has 2 saturated heterocycles. The number of fused-ring (bicyclic) bond motifs is 2. The maximum absolute atomic E-state index is 12.5. The summed E-state index contributed by atoms with van der Waals surface area (Å²) in [7, 11) is 0. The first-order valence-corrected chi connectivity index (χ1v) is 10.1. The van der Waals surface area contributed by atoms with Crippen LogP contribution in [0.1, 0.15) is 36.5 Å². The van der Waals surface area contributed by atoms with Crippen molar-refractivity contribution in [3.63, 3.8) is 0 Å². The Bertz CT molecular complexity index is 853. The summed E-state index contributed by atoms with van der Waals surface area (Å²) in [6, 6.07) is 16.6. The predicted molar refractivity (Wildman–Crippen MR) is 107 cm³/mol. The summed E-state index contributed by atoms with van der Waals surface area (Å²) in [6.45, 7) is 1.50. The van der Waals surface area contributed by atoms with Crippen LogP contribution in [0.25, 0.3) is 0 Å². The fraction of sp³-hybridized carbons (Fsp3) is 0.333. The monoisotopic (exact) mass is 381 g/mol. The Morgan fingerprint density at radius 3 is 2.56 bits per heavy atom. The first-order chi connectivity index (χ1) is 13.1. The quantitative estimate of drug-likeness (QED) is 0.742. The highest BCUT2D eigenvalue weighted by atomic mass is 32.2. The first-order valence-electron chi connectivity index (χ1n) is 9.29. The van der Waals surface area contributed by atoms with Gasteiger partial charge in [0.1, 0.15) is 0 Å². The van der Waals surface area contributed by atoms with Crippen molar-refractivity contribution in [1.29, 1.82) is 0 Å². The van der Waals surface area contributed by atoms with Crippen LogP contribution in [0, 0.1) is 0 Å². The SMILES string of the molecule is CC(=O)Nc1cccc(Sc2ccc(C(=O)N[C@@H]3C[C@H]4CC[C@@H]3N4)cc2)c1. The average Bonchev–Trinajstić information content (AvgIpc) is 3.25. The van der Waals surface area contributed by atoms with E-state index >= 15 is 0 Å². The molecule has 0 unspecified atom stereocenters. The molecule has 2 aliphatic rings. The van der Waals surface area contributed by atoms with Crippen LogP contribution < -0.4 is 16.0 Å². The van der Waals surface area contributed by atoms with E-state index in [1.807, 2.05) is 48.5 Å². The van der Waals surface area contributed by atoms with Crippen molar-refractivity contribution < 1.29 is 9.59 Å². The van der Waals surface area contributed by atoms with Crippen LogP contribution in [-0.4, -0.2) is 29.9 Å². The first kappa shape index (κ1) is 18.1. The van der Waals surface area contributed by atoms with Crippen LogP contribution in [0.2, 0.25) is 0 Å². The van der Waals surface area contributed by atoms with E-state index in [1.54, 1.807) is 11.8 Å². The molecule has 4 rings (SSSR count). The fourth-order valence-corrected chi connectivity index (χ4v) is 4.76. The number of nitrogens with one attached hydrogen (secondary N) is 3. The second kappa shape index (κ2) is 7.74. The molecule has 2 bridgehead atoms. The number of hydrogen-bond donors (Lipinski definition) is 3. The lowest BCUT2D eigenvalue weighted by Gasteiger charge is -2.21. The molecule has 0 saturated carbocycles. The Morgan fingerprint density at radius 2 is 1.89 bits per heavy atom. The van der Waals surface area contributed by atoms with E-state index in [0.717, 1.165) is 28.3 Å². The van der Waals surface area contributed by atoms with Crippen molar-refractivity contribution in [2.45, 2.75) is 54.1 Å². The molecule has 5 nitrogen and oxygen atoms in total. The Kier molecular flexibility index (Phi) is 5.18. The van der Waals surface area contributed by atoms with E-state index < -0.39 is 0 Å². The lowest BCUT2D eigenvalue weighted by atomic mass is 9.95. The Hall–Kier alpha value is -2.31. The number of carbonyl (C=O) groups excluding carboxylic acids is 2. The third kappa shape index (κ3) is 4.34. The summed E-state index contributed by atoms with van der Waals surface area (Å²) in [4.78, 5) is 25.8. The van der Waals surface area contributed by atoms with Gasteiger partial charge in [0.25, 0.3) is 5.91 Å². The highest BCUT2D eigenvalue weighted by molar-refractivity contribution is 7.99. The van der Waals surface area contributed by atoms with E-state index in [2.05, 4.69) is 16.0 Å². The van der Waals surface area contributed by atoms with E-state index in [0.29, 0.717) is 17.6 Å². The molecule has 3 atom stereocenters. The molecule has 3 N–H and O–H groups in total. The van der Waals surface area contributed by atoms with Crippen LogP contribution in [0.3, 0.4) is 0 Å². The van der Waals surface area contributed by atoms with Crippen molar-refractivity contribution in [1.82, 2.24) is 10.6 Å². The number of anilines is 1. The minimum Gasteiger partial charge on any atom is -0.348 e. The molecule has 27 heavy (non-hydrogen) atoms. The molecule has 0 aliphatic carbocycles. The minimum atomic E-state index is -0.0850. The standard InChI is InChI=1S/C21H23N3O2S/c1-13(25)22-15-3-2-4-18(11-15)27-17-8-5-14(6-9-17)21(26)24-20-12-16-7-10-19(20)23-16/h2-6,8-9,11,16,19-20,23H,7,10,12H2,1H3,(H,22,25)(H,24,26)/t16-,19+,20-/m1/s1. The molecule has 2 aliphatic heterocycles. The Balaban J connectivity index is 1.37. The Labute approximate surface area is 163 Å². The number of amides is 2. The van der Waals surface area contributed by atoms with Crippen molar-refractivity contribution in [2.75, 3.05) is 5.32 Å². The zero-order valence-corrected chi connectivity index (χ0v) is 16.0. The summed E-state index contributed by atoms with van der Waals surface area (Å²) >= 11 is 1.60. The highest BCUT2D eigenvalue weighted by Crippen LogP contribution is 2.30. The van der Waals surface area contributed by atoms with Gasteiger partial charge in [-0.2, -0.15) is 0 Å². The molecular formula is C21H23N3O2S. The van der Waals surface area contributed by atoms with Gasteiger partial charge in [0.15, 0.2) is 0 Å². The van der Waals surface area contributed by atoms with E-state index in [4.69, 9.17) is 0 Å². The van der Waals surface area contributed by atoms with Crippen LogP contribution in [-0.2, 0) is 4.79 Å². The van der Waals surface area contributed by atoms with Crippen molar-refractivity contribution >= 4 is 29.3 Å². The van der Waals surface area contributed by atoms with Crippen molar-refractivity contribution in [2.24, 2.45) is 0 Å². The molecule has 2 fully saturated rings. The number of benzene rings is 2. The molecule has 2 aromatic carbocycles. The van der Waals surface area contributed by atoms with Gasteiger partial charge >= 0.3 is 0 Å². The molecule has 2 aromatic rings. The third-order valence-corrected chi connectivity index (χ3v) is 6.12. The molecule has 2 heterocycles. The normalized spacial score (nSPS) is 23.2. The van der Waals surface area contributed by atoms with Gasteiger partial charge in [-0.3, -0.25) is 9.59 Å². The minimum absolute atomic E-state index is 0.00134. The summed E-state index contributed by atoms with van der Waals surface area (Å²) in [5, 5.41) is 9.51. The number of carbonyl (C=O) groups is 2. The van der Waals surface area contributed by atoms with Gasteiger partial charge in [0.05, 0.1) is 0 Å². The van der Waals surface area contributed by atoms with E-state index in [1.165, 1.54) is 13.3 Å². The summed E-state index contributed by atoms with van der Waals surface area (Å²) in [6.07, 6.45) is 3.42. The van der Waals surface area contributed by atoms with Gasteiger partial charge in [-0.15, -0.1) is 0 Å². The highest BCUT2D eigenvalue weighted by Gasteiger charge is 2.39. The zero-order valence-electron chi connectivity index (χ0n) is 15.2. The zero-order chi connectivity index (χ0) is 18.8. The van der Waals surface area contributed by atoms with E-state index in [9.17, 15) is 9.59 Å². The van der Waals surface area contributed by atoms with Gasteiger partial charge in [-0.1, -0.05) is 17.8 Å². The second-order valence-corrected chi connectivity index (χ2v) is 8.35. The molecule has 0 spiro atoms. The Morgan fingerprint density at radius 1 is 1.07 bits per heavy atom. The molecule has 6 heteroatoms. The van der Waals surface area contributed by atoms with Gasteiger partial charge in [-0.05, 0) is 61.7 Å². The summed E-state index contributed by atoms with van der Waals surface area (Å²) in [5.41, 5.74) is 1.47. The van der Waals surface area contributed by atoms with E-state index in [-0.39, 0.29) is 17.9 Å². The molecular weight excluding hydrogens is 358 g/mol. The number of hydrogen-bond acceptors (Lipinski definition) is 4. The van der Waals surface area contributed by atoms with Crippen LogP contribution in [0.15, 0.2) is 58.3 Å². The van der Waals surface area contributed by atoms with Crippen molar-refractivity contribution in [3.8, 4) is 0 Å². The second-order valence-electron chi connectivity index (χ2n) is 7.20. The van der Waals surface area contributed by atoms with Crippen LogP contribution >= 0.6 is 11.8 Å².